The van der Waals surface area contributed by atoms with Crippen molar-refractivity contribution < 1.29 is 22.7 Å². The van der Waals surface area contributed by atoms with Crippen LogP contribution in [0.1, 0.15) is 45.6 Å². The lowest BCUT2D eigenvalue weighted by Crippen LogP contribution is -2.52. The Bertz CT molecular complexity index is 932. The van der Waals surface area contributed by atoms with E-state index in [9.17, 15) is 18.0 Å². The number of likely N-dealkylation sites (tertiary alicyclic amines) is 1. The second-order valence-corrected chi connectivity index (χ2v) is 10.6. The SMILES string of the molecule is CN(CC(=O)N1CCCCC1CNC(=O)OC(C)(C)C)S(=O)(=O)c1ccc(C#N)cc1. The minimum absolute atomic E-state index is 0.0172. The fourth-order valence-electron chi connectivity index (χ4n) is 3.30. The molecule has 1 N–H and O–H groups in total. The number of nitrogens with one attached hydrogen (secondary N) is 1. The van der Waals surface area contributed by atoms with Crippen LogP contribution >= 0.6 is 0 Å². The fourth-order valence-corrected chi connectivity index (χ4v) is 4.42. The van der Waals surface area contributed by atoms with Gasteiger partial charge in [-0.3, -0.25) is 4.79 Å². The van der Waals surface area contributed by atoms with Crippen LogP contribution < -0.4 is 5.32 Å². The van der Waals surface area contributed by atoms with Crippen LogP contribution in [0.3, 0.4) is 0 Å². The number of amides is 2. The molecular weight excluding hydrogens is 420 g/mol. The highest BCUT2D eigenvalue weighted by atomic mass is 32.2. The number of carbonyl (C=O) groups excluding carboxylic acids is 2. The average Bonchev–Trinajstić information content (AvgIpc) is 2.71. The topological polar surface area (TPSA) is 120 Å². The Labute approximate surface area is 184 Å². The smallest absolute Gasteiger partial charge is 0.407 e. The number of rotatable bonds is 6. The Morgan fingerprint density at radius 2 is 1.90 bits per heavy atom. The van der Waals surface area contributed by atoms with E-state index in [2.05, 4.69) is 5.32 Å². The van der Waals surface area contributed by atoms with Gasteiger partial charge in [0.2, 0.25) is 15.9 Å². The summed E-state index contributed by atoms with van der Waals surface area (Å²) in [5.74, 6) is -0.324. The summed E-state index contributed by atoms with van der Waals surface area (Å²) < 4.78 is 31.8. The van der Waals surface area contributed by atoms with Gasteiger partial charge in [-0.1, -0.05) is 0 Å². The Morgan fingerprint density at radius 3 is 2.48 bits per heavy atom. The Morgan fingerprint density at radius 1 is 1.26 bits per heavy atom. The molecule has 0 aromatic heterocycles. The molecule has 1 saturated heterocycles. The lowest BCUT2D eigenvalue weighted by atomic mass is 10.0. The van der Waals surface area contributed by atoms with Gasteiger partial charge in [0.15, 0.2) is 0 Å². The van der Waals surface area contributed by atoms with Crippen molar-refractivity contribution in [2.24, 2.45) is 0 Å². The van der Waals surface area contributed by atoms with Gasteiger partial charge in [-0.15, -0.1) is 0 Å². The van der Waals surface area contributed by atoms with Crippen LogP contribution in [0.2, 0.25) is 0 Å². The van der Waals surface area contributed by atoms with Crippen molar-refractivity contribution >= 4 is 22.0 Å². The van der Waals surface area contributed by atoms with Crippen LogP contribution in [0.25, 0.3) is 0 Å². The standard InChI is InChI=1S/C21H30N4O5S/c1-21(2,3)30-20(27)23-14-17-7-5-6-12-25(17)19(26)15-24(4)31(28,29)18-10-8-16(13-22)9-11-18/h8-11,17H,5-7,12,14-15H2,1-4H3,(H,23,27). The van der Waals surface area contributed by atoms with Crippen molar-refractivity contribution in [1.29, 1.82) is 5.26 Å². The van der Waals surface area contributed by atoms with Crippen molar-refractivity contribution in [1.82, 2.24) is 14.5 Å². The van der Waals surface area contributed by atoms with Crippen molar-refractivity contribution in [2.45, 2.75) is 56.6 Å². The molecule has 1 aromatic carbocycles. The van der Waals surface area contributed by atoms with Crippen LogP contribution in [-0.2, 0) is 19.6 Å². The number of ether oxygens (including phenoxy) is 1. The van der Waals surface area contributed by atoms with Gasteiger partial charge in [0.05, 0.1) is 23.1 Å². The molecule has 1 aliphatic rings. The quantitative estimate of drug-likeness (QED) is 0.709. The zero-order valence-electron chi connectivity index (χ0n) is 18.4. The number of alkyl carbamates (subject to hydrolysis) is 1. The molecule has 10 heteroatoms. The van der Waals surface area contributed by atoms with Crippen LogP contribution in [0.15, 0.2) is 29.2 Å². The van der Waals surface area contributed by atoms with Crippen molar-refractivity contribution in [3.8, 4) is 6.07 Å². The Balaban J connectivity index is 2.02. The van der Waals surface area contributed by atoms with E-state index in [0.717, 1.165) is 17.1 Å². The number of hydrogen-bond donors (Lipinski definition) is 1. The first-order chi connectivity index (χ1) is 14.4. The molecule has 1 atom stereocenters. The monoisotopic (exact) mass is 450 g/mol. The summed E-state index contributed by atoms with van der Waals surface area (Å²) in [4.78, 5) is 26.5. The maximum Gasteiger partial charge on any atom is 0.407 e. The van der Waals surface area contributed by atoms with E-state index in [-0.39, 0.29) is 29.9 Å². The van der Waals surface area contributed by atoms with E-state index in [1.165, 1.54) is 31.3 Å². The predicted molar refractivity (Wildman–Crippen MR) is 115 cm³/mol. The number of benzene rings is 1. The molecular formula is C21H30N4O5S. The molecule has 0 spiro atoms. The Kier molecular flexibility index (Phi) is 8.03. The number of hydrogen-bond acceptors (Lipinski definition) is 6. The van der Waals surface area contributed by atoms with Gasteiger partial charge in [0.25, 0.3) is 0 Å². The van der Waals surface area contributed by atoms with Crippen LogP contribution in [0.4, 0.5) is 4.79 Å². The molecule has 0 saturated carbocycles. The minimum Gasteiger partial charge on any atom is -0.444 e. The first-order valence-electron chi connectivity index (χ1n) is 10.2. The van der Waals surface area contributed by atoms with E-state index in [0.29, 0.717) is 18.5 Å². The molecule has 1 fully saturated rings. The molecule has 170 valence electrons. The van der Waals surface area contributed by atoms with E-state index in [1.54, 1.807) is 25.7 Å². The lowest BCUT2D eigenvalue weighted by molar-refractivity contribution is -0.134. The molecule has 1 aliphatic heterocycles. The molecule has 0 radical (unpaired) electrons. The number of carbonyl (C=O) groups is 2. The number of piperidine rings is 1. The fraction of sp³-hybridized carbons (Fsp3) is 0.571. The molecule has 0 bridgehead atoms. The van der Waals surface area contributed by atoms with Crippen molar-refractivity contribution in [3.05, 3.63) is 29.8 Å². The normalized spacial score (nSPS) is 17.2. The first-order valence-corrected chi connectivity index (χ1v) is 11.6. The molecule has 2 rings (SSSR count). The zero-order chi connectivity index (χ0) is 23.2. The lowest BCUT2D eigenvalue weighted by Gasteiger charge is -2.36. The third kappa shape index (κ3) is 6.94. The molecule has 1 aromatic rings. The Hall–Kier alpha value is -2.64. The van der Waals surface area contributed by atoms with E-state index in [4.69, 9.17) is 10.00 Å². The summed E-state index contributed by atoms with van der Waals surface area (Å²) in [6, 6.07) is 7.26. The van der Waals surface area contributed by atoms with Gasteiger partial charge < -0.3 is 15.0 Å². The third-order valence-corrected chi connectivity index (χ3v) is 6.70. The molecule has 2 amide bonds. The first kappa shape index (κ1) is 24.6. The summed E-state index contributed by atoms with van der Waals surface area (Å²) in [5.41, 5.74) is -0.263. The summed E-state index contributed by atoms with van der Waals surface area (Å²) in [6.07, 6.45) is 1.91. The second-order valence-electron chi connectivity index (χ2n) is 8.52. The zero-order valence-corrected chi connectivity index (χ0v) is 19.2. The summed E-state index contributed by atoms with van der Waals surface area (Å²) in [5, 5.41) is 11.6. The summed E-state index contributed by atoms with van der Waals surface area (Å²) >= 11 is 0. The number of likely N-dealkylation sites (N-methyl/N-ethyl adjacent to an activating group) is 1. The number of nitrogens with zero attached hydrogens (tertiary/aromatic N) is 3. The van der Waals surface area contributed by atoms with Gasteiger partial charge in [-0.05, 0) is 64.3 Å². The van der Waals surface area contributed by atoms with Gasteiger partial charge >= 0.3 is 6.09 Å². The maximum absolute atomic E-state index is 12.9. The molecule has 0 aliphatic carbocycles. The summed E-state index contributed by atoms with van der Waals surface area (Å²) in [7, 11) is -2.52. The molecule has 9 nitrogen and oxygen atoms in total. The molecule has 1 unspecified atom stereocenters. The average molecular weight is 451 g/mol. The third-order valence-electron chi connectivity index (χ3n) is 4.88. The molecule has 1 heterocycles. The predicted octanol–water partition coefficient (Wildman–Crippen LogP) is 2.08. The van der Waals surface area contributed by atoms with E-state index < -0.39 is 21.7 Å². The van der Waals surface area contributed by atoms with Crippen LogP contribution in [-0.4, -0.2) is 67.9 Å². The number of nitriles is 1. The molecule has 31 heavy (non-hydrogen) atoms. The van der Waals surface area contributed by atoms with Crippen LogP contribution in [0.5, 0.6) is 0 Å². The maximum atomic E-state index is 12.9. The van der Waals surface area contributed by atoms with Gasteiger partial charge in [-0.2, -0.15) is 9.57 Å². The van der Waals surface area contributed by atoms with Gasteiger partial charge in [0.1, 0.15) is 5.60 Å². The highest BCUT2D eigenvalue weighted by Gasteiger charge is 2.31. The number of sulfonamides is 1. The summed E-state index contributed by atoms with van der Waals surface area (Å²) in [6.45, 7) is 5.75. The van der Waals surface area contributed by atoms with Gasteiger partial charge in [-0.25, -0.2) is 13.2 Å². The second kappa shape index (κ2) is 10.1. The highest BCUT2D eigenvalue weighted by Crippen LogP contribution is 2.19. The van der Waals surface area contributed by atoms with E-state index >= 15 is 0 Å². The van der Waals surface area contributed by atoms with Crippen molar-refractivity contribution in [2.75, 3.05) is 26.7 Å². The minimum atomic E-state index is -3.87. The van der Waals surface area contributed by atoms with Crippen molar-refractivity contribution in [3.63, 3.8) is 0 Å². The van der Waals surface area contributed by atoms with Crippen LogP contribution in [0, 0.1) is 11.3 Å². The highest BCUT2D eigenvalue weighted by molar-refractivity contribution is 7.89. The largest absolute Gasteiger partial charge is 0.444 e. The van der Waals surface area contributed by atoms with E-state index in [1.807, 2.05) is 6.07 Å². The van der Waals surface area contributed by atoms with Gasteiger partial charge in [0, 0.05) is 26.2 Å².